The molecule has 0 aliphatic heterocycles. The largest absolute Gasteiger partial charge is 0.296 e. The van der Waals surface area contributed by atoms with E-state index in [1.165, 1.54) is 17.7 Å². The van der Waals surface area contributed by atoms with Gasteiger partial charge < -0.3 is 0 Å². The summed E-state index contributed by atoms with van der Waals surface area (Å²) in [5.41, 5.74) is 2.33. The first kappa shape index (κ1) is 15.2. The molecule has 0 bridgehead atoms. The molecule has 0 saturated carbocycles. The highest BCUT2D eigenvalue weighted by Crippen LogP contribution is 2.26. The van der Waals surface area contributed by atoms with Gasteiger partial charge in [0.1, 0.15) is 17.7 Å². The van der Waals surface area contributed by atoms with Crippen molar-refractivity contribution in [2.24, 2.45) is 0 Å². The van der Waals surface area contributed by atoms with E-state index >= 15 is 0 Å². The molecule has 1 N–H and O–H groups in total. The molecular weight excluding hydrogens is 336 g/mol. The number of benzene rings is 2. The highest BCUT2D eigenvalue weighted by atomic mass is 32.1. The SMILES string of the molecule is O=C(Nc1nnc(-c2ccccc2)s1)c1ccc(-n2cncn2)cc1. The van der Waals surface area contributed by atoms with E-state index in [1.807, 2.05) is 30.3 Å². The van der Waals surface area contributed by atoms with Gasteiger partial charge in [0.05, 0.1) is 5.69 Å². The summed E-state index contributed by atoms with van der Waals surface area (Å²) in [7, 11) is 0. The van der Waals surface area contributed by atoms with Gasteiger partial charge in [-0.1, -0.05) is 41.7 Å². The predicted molar refractivity (Wildman–Crippen MR) is 94.7 cm³/mol. The van der Waals surface area contributed by atoms with Gasteiger partial charge in [-0.15, -0.1) is 10.2 Å². The van der Waals surface area contributed by atoms with Gasteiger partial charge in [0.25, 0.3) is 5.91 Å². The summed E-state index contributed by atoms with van der Waals surface area (Å²) in [6, 6.07) is 16.8. The second kappa shape index (κ2) is 6.62. The van der Waals surface area contributed by atoms with E-state index in [1.54, 1.807) is 35.3 Å². The highest BCUT2D eigenvalue weighted by Gasteiger charge is 2.11. The van der Waals surface area contributed by atoms with Crippen LogP contribution in [0.4, 0.5) is 5.13 Å². The van der Waals surface area contributed by atoms with E-state index < -0.39 is 0 Å². The summed E-state index contributed by atoms with van der Waals surface area (Å²) in [5.74, 6) is -0.235. The fraction of sp³-hybridized carbons (Fsp3) is 0. The Balaban J connectivity index is 1.48. The number of aromatic nitrogens is 5. The van der Waals surface area contributed by atoms with Gasteiger partial charge in [0.15, 0.2) is 0 Å². The number of nitrogens with one attached hydrogen (secondary N) is 1. The monoisotopic (exact) mass is 348 g/mol. The fourth-order valence-corrected chi connectivity index (χ4v) is 2.99. The maximum Gasteiger partial charge on any atom is 0.257 e. The van der Waals surface area contributed by atoms with E-state index in [-0.39, 0.29) is 5.91 Å². The molecular formula is C17H12N6OS. The minimum Gasteiger partial charge on any atom is -0.296 e. The van der Waals surface area contributed by atoms with Gasteiger partial charge >= 0.3 is 0 Å². The lowest BCUT2D eigenvalue weighted by molar-refractivity contribution is 0.102. The first-order valence-electron chi connectivity index (χ1n) is 7.45. The van der Waals surface area contributed by atoms with Crippen molar-refractivity contribution in [3.8, 4) is 16.3 Å². The van der Waals surface area contributed by atoms with Crippen LogP contribution in [0, 0.1) is 0 Å². The van der Waals surface area contributed by atoms with Crippen molar-refractivity contribution in [1.29, 1.82) is 0 Å². The molecule has 0 aliphatic rings. The first-order chi connectivity index (χ1) is 12.3. The number of hydrogen-bond acceptors (Lipinski definition) is 6. The quantitative estimate of drug-likeness (QED) is 0.613. The van der Waals surface area contributed by atoms with Crippen LogP contribution in [-0.4, -0.2) is 30.9 Å². The van der Waals surface area contributed by atoms with E-state index in [0.29, 0.717) is 10.7 Å². The van der Waals surface area contributed by atoms with Gasteiger partial charge in [0, 0.05) is 11.1 Å². The number of carbonyl (C=O) groups is 1. The molecule has 122 valence electrons. The average molecular weight is 348 g/mol. The smallest absolute Gasteiger partial charge is 0.257 e. The normalized spacial score (nSPS) is 10.6. The molecule has 4 rings (SSSR count). The van der Waals surface area contributed by atoms with Gasteiger partial charge in [-0.2, -0.15) is 5.10 Å². The predicted octanol–water partition coefficient (Wildman–Crippen LogP) is 3.04. The van der Waals surface area contributed by atoms with E-state index in [9.17, 15) is 4.79 Å². The van der Waals surface area contributed by atoms with Gasteiger partial charge in [0.2, 0.25) is 5.13 Å². The maximum atomic E-state index is 12.4. The number of anilines is 1. The van der Waals surface area contributed by atoms with E-state index in [0.717, 1.165) is 16.3 Å². The van der Waals surface area contributed by atoms with Crippen molar-refractivity contribution in [3.63, 3.8) is 0 Å². The average Bonchev–Trinajstić information content (AvgIpc) is 3.35. The topological polar surface area (TPSA) is 85.6 Å². The summed E-state index contributed by atoms with van der Waals surface area (Å²) < 4.78 is 1.62. The summed E-state index contributed by atoms with van der Waals surface area (Å²) in [6.45, 7) is 0. The molecule has 2 heterocycles. The van der Waals surface area contributed by atoms with E-state index in [2.05, 4.69) is 25.6 Å². The minimum atomic E-state index is -0.235. The number of nitrogens with zero attached hydrogens (tertiary/aromatic N) is 5. The second-order valence-electron chi connectivity index (χ2n) is 5.12. The lowest BCUT2D eigenvalue weighted by Gasteiger charge is -2.03. The van der Waals surface area contributed by atoms with Crippen molar-refractivity contribution < 1.29 is 4.79 Å². The van der Waals surface area contributed by atoms with Crippen LogP contribution in [0.5, 0.6) is 0 Å². The lowest BCUT2D eigenvalue weighted by atomic mass is 10.2. The molecule has 0 saturated heterocycles. The molecule has 2 aromatic heterocycles. The summed E-state index contributed by atoms with van der Waals surface area (Å²) >= 11 is 1.33. The second-order valence-corrected chi connectivity index (χ2v) is 6.10. The molecule has 2 aromatic carbocycles. The molecule has 8 heteroatoms. The third-order valence-corrected chi connectivity index (χ3v) is 4.37. The Kier molecular flexibility index (Phi) is 4.01. The summed E-state index contributed by atoms with van der Waals surface area (Å²) in [5, 5.41) is 16.2. The Morgan fingerprint density at radius 2 is 1.80 bits per heavy atom. The number of carbonyl (C=O) groups excluding carboxylic acids is 1. The van der Waals surface area contributed by atoms with Crippen molar-refractivity contribution in [2.45, 2.75) is 0 Å². The summed E-state index contributed by atoms with van der Waals surface area (Å²) in [4.78, 5) is 16.2. The lowest BCUT2D eigenvalue weighted by Crippen LogP contribution is -2.11. The highest BCUT2D eigenvalue weighted by molar-refractivity contribution is 7.18. The van der Waals surface area contributed by atoms with Gasteiger partial charge in [-0.25, -0.2) is 9.67 Å². The van der Waals surface area contributed by atoms with Crippen molar-refractivity contribution in [2.75, 3.05) is 5.32 Å². The van der Waals surface area contributed by atoms with Crippen molar-refractivity contribution in [1.82, 2.24) is 25.0 Å². The van der Waals surface area contributed by atoms with Crippen LogP contribution in [0.2, 0.25) is 0 Å². The Labute approximate surface area is 147 Å². The molecule has 7 nitrogen and oxygen atoms in total. The Morgan fingerprint density at radius 1 is 1.00 bits per heavy atom. The molecule has 0 fully saturated rings. The van der Waals surface area contributed by atoms with Gasteiger partial charge in [-0.05, 0) is 24.3 Å². The Bertz CT molecular complexity index is 980. The zero-order chi connectivity index (χ0) is 17.1. The standard InChI is InChI=1S/C17H12N6OS/c24-15(12-6-8-14(9-7-12)23-11-18-10-19-23)20-17-22-21-16(25-17)13-4-2-1-3-5-13/h1-11H,(H,20,22,24). The van der Waals surface area contributed by atoms with Crippen LogP contribution < -0.4 is 5.32 Å². The number of rotatable bonds is 4. The van der Waals surface area contributed by atoms with Crippen LogP contribution in [0.15, 0.2) is 67.3 Å². The number of hydrogen-bond donors (Lipinski definition) is 1. The number of amides is 1. The van der Waals surface area contributed by atoms with Crippen LogP contribution in [0.1, 0.15) is 10.4 Å². The third-order valence-electron chi connectivity index (χ3n) is 3.48. The maximum absolute atomic E-state index is 12.4. The molecule has 0 atom stereocenters. The van der Waals surface area contributed by atoms with Crippen LogP contribution >= 0.6 is 11.3 Å². The molecule has 0 radical (unpaired) electrons. The van der Waals surface area contributed by atoms with Crippen molar-refractivity contribution in [3.05, 3.63) is 72.8 Å². The zero-order valence-corrected chi connectivity index (χ0v) is 13.7. The van der Waals surface area contributed by atoms with Crippen molar-refractivity contribution >= 4 is 22.4 Å². The molecule has 0 unspecified atom stereocenters. The molecule has 4 aromatic rings. The van der Waals surface area contributed by atoms with Crippen LogP contribution in [0.3, 0.4) is 0 Å². The fourth-order valence-electron chi connectivity index (χ4n) is 2.25. The first-order valence-corrected chi connectivity index (χ1v) is 8.26. The molecule has 25 heavy (non-hydrogen) atoms. The van der Waals surface area contributed by atoms with Crippen LogP contribution in [-0.2, 0) is 0 Å². The Morgan fingerprint density at radius 3 is 2.52 bits per heavy atom. The van der Waals surface area contributed by atoms with Gasteiger partial charge in [-0.3, -0.25) is 10.1 Å². The minimum absolute atomic E-state index is 0.235. The van der Waals surface area contributed by atoms with Crippen LogP contribution in [0.25, 0.3) is 16.3 Å². The molecule has 0 aliphatic carbocycles. The van der Waals surface area contributed by atoms with E-state index in [4.69, 9.17) is 0 Å². The zero-order valence-electron chi connectivity index (χ0n) is 12.9. The molecule has 1 amide bonds. The molecule has 0 spiro atoms. The summed E-state index contributed by atoms with van der Waals surface area (Å²) in [6.07, 6.45) is 3.06. The third kappa shape index (κ3) is 3.29. The Hall–Kier alpha value is -3.39.